The molecule has 5 rings (SSSR count). The Morgan fingerprint density at radius 3 is 2.68 bits per heavy atom. The van der Waals surface area contributed by atoms with Gasteiger partial charge in [0.25, 0.3) is 0 Å². The highest BCUT2D eigenvalue weighted by Crippen LogP contribution is 2.66. The molecule has 2 aliphatic carbocycles. The number of allylic oxidation sites excluding steroid dienone is 1. The molecule has 3 saturated heterocycles. The van der Waals surface area contributed by atoms with Gasteiger partial charge in [-0.25, -0.2) is 4.79 Å². The van der Waals surface area contributed by atoms with Crippen molar-refractivity contribution >= 4 is 11.9 Å². The average Bonchev–Trinajstić information content (AvgIpc) is 3.22. The zero-order valence-corrected chi connectivity index (χ0v) is 18.0. The number of aliphatic hydroxyl groups excluding tert-OH is 1. The van der Waals surface area contributed by atoms with Crippen LogP contribution >= 0.6 is 0 Å². The normalized spacial score (nSPS) is 51.3. The number of esters is 2. The molecule has 2 unspecified atom stereocenters. The van der Waals surface area contributed by atoms with Crippen LogP contribution in [0, 0.1) is 22.7 Å². The third kappa shape index (κ3) is 2.61. The Kier molecular flexibility index (Phi) is 4.81. The van der Waals surface area contributed by atoms with Crippen molar-refractivity contribution < 1.29 is 43.5 Å². The largest absolute Gasteiger partial charge is 0.461 e. The molecule has 1 spiro atoms. The predicted octanol–water partition coefficient (Wildman–Crippen LogP) is 0.665. The zero-order chi connectivity index (χ0) is 22.2. The highest BCUT2D eigenvalue weighted by atomic mass is 16.8. The Labute approximate surface area is 180 Å². The van der Waals surface area contributed by atoms with Gasteiger partial charge in [0, 0.05) is 25.2 Å². The van der Waals surface area contributed by atoms with E-state index >= 15 is 0 Å². The third-order valence-electron chi connectivity index (χ3n) is 8.66. The molecule has 31 heavy (non-hydrogen) atoms. The second-order valence-corrected chi connectivity index (χ2v) is 9.85. The smallest absolute Gasteiger partial charge is 0.334 e. The summed E-state index contributed by atoms with van der Waals surface area (Å²) in [5.74, 6) is -0.992. The van der Waals surface area contributed by atoms with E-state index in [2.05, 4.69) is 0 Å². The van der Waals surface area contributed by atoms with E-state index in [9.17, 15) is 19.8 Å². The zero-order valence-electron chi connectivity index (χ0n) is 18.0. The van der Waals surface area contributed by atoms with Crippen LogP contribution in [0.15, 0.2) is 11.6 Å². The van der Waals surface area contributed by atoms with E-state index in [1.807, 2.05) is 13.0 Å². The number of carbonyl (C=O) groups excluding carboxylic acids is 2. The average molecular weight is 438 g/mol. The summed E-state index contributed by atoms with van der Waals surface area (Å²) in [7, 11) is 2.71. The first-order chi connectivity index (χ1) is 14.7. The van der Waals surface area contributed by atoms with Gasteiger partial charge >= 0.3 is 11.9 Å². The molecule has 5 aliphatic rings. The molecule has 0 amide bonds. The van der Waals surface area contributed by atoms with Crippen molar-refractivity contribution in [2.75, 3.05) is 20.8 Å². The van der Waals surface area contributed by atoms with Crippen LogP contribution in [0.25, 0.3) is 0 Å². The summed E-state index contributed by atoms with van der Waals surface area (Å²) in [6.45, 7) is 2.37. The Morgan fingerprint density at radius 1 is 1.19 bits per heavy atom. The minimum Gasteiger partial charge on any atom is -0.461 e. The predicted molar refractivity (Wildman–Crippen MR) is 103 cm³/mol. The maximum absolute atomic E-state index is 13.2. The van der Waals surface area contributed by atoms with Gasteiger partial charge in [-0.3, -0.25) is 4.79 Å². The number of carbonyl (C=O) groups is 2. The minimum atomic E-state index is -1.99. The Balaban J connectivity index is 1.53. The monoisotopic (exact) mass is 438 g/mol. The molecule has 3 heterocycles. The number of ether oxygens (including phenoxy) is 5. The van der Waals surface area contributed by atoms with E-state index in [-0.39, 0.29) is 17.8 Å². The second kappa shape index (κ2) is 6.99. The molecule has 2 N–H and O–H groups in total. The molecule has 0 bridgehead atoms. The number of hydrogen-bond acceptors (Lipinski definition) is 9. The van der Waals surface area contributed by atoms with Crippen molar-refractivity contribution in [3.63, 3.8) is 0 Å². The second-order valence-electron chi connectivity index (χ2n) is 9.85. The summed E-state index contributed by atoms with van der Waals surface area (Å²) in [5, 5.41) is 22.3. The standard InChI is InChI=1S/C22H30O9/c1-20-9-14(22(26)15(23)18(27-2)31-19(22)28-3)30-17(25)11(20)7-8-21-10-29-16(24)12(21)5-4-6-13(20)21/h5,11,13-15,18-19,23,26H,4,6-10H2,1-3H3/t11-,13?,14?,15+,18+,19+,20-,21+,22+/m0/s1. The molecule has 0 radical (unpaired) electrons. The quantitative estimate of drug-likeness (QED) is 0.612. The molecule has 9 heteroatoms. The first-order valence-electron chi connectivity index (χ1n) is 10.9. The van der Waals surface area contributed by atoms with Crippen molar-refractivity contribution in [3.05, 3.63) is 11.6 Å². The van der Waals surface area contributed by atoms with Crippen molar-refractivity contribution in [1.82, 2.24) is 0 Å². The molecule has 3 aliphatic heterocycles. The first-order valence-corrected chi connectivity index (χ1v) is 10.9. The summed E-state index contributed by atoms with van der Waals surface area (Å²) >= 11 is 0. The number of aliphatic hydroxyl groups is 2. The molecule has 9 atom stereocenters. The van der Waals surface area contributed by atoms with E-state index in [0.29, 0.717) is 25.9 Å². The van der Waals surface area contributed by atoms with Gasteiger partial charge in [0.1, 0.15) is 18.8 Å². The van der Waals surface area contributed by atoms with Gasteiger partial charge in [-0.15, -0.1) is 0 Å². The molecule has 9 nitrogen and oxygen atoms in total. The number of rotatable bonds is 3. The molecule has 4 fully saturated rings. The lowest BCUT2D eigenvalue weighted by molar-refractivity contribution is -0.262. The molecule has 1 saturated carbocycles. The molecule has 0 aromatic carbocycles. The van der Waals surface area contributed by atoms with Gasteiger partial charge in [-0.05, 0) is 43.4 Å². The van der Waals surface area contributed by atoms with Crippen molar-refractivity contribution in [3.8, 4) is 0 Å². The lowest BCUT2D eigenvalue weighted by Crippen LogP contribution is -2.66. The molecule has 0 aromatic heterocycles. The van der Waals surface area contributed by atoms with E-state index in [0.717, 1.165) is 18.4 Å². The first kappa shape index (κ1) is 21.3. The number of hydrogen-bond donors (Lipinski definition) is 2. The number of cyclic esters (lactones) is 2. The van der Waals surface area contributed by atoms with Gasteiger partial charge < -0.3 is 33.9 Å². The van der Waals surface area contributed by atoms with Crippen LogP contribution in [0.1, 0.15) is 39.0 Å². The fraction of sp³-hybridized carbons (Fsp3) is 0.818. The maximum Gasteiger partial charge on any atom is 0.334 e. The third-order valence-corrected chi connectivity index (χ3v) is 8.66. The lowest BCUT2D eigenvalue weighted by atomic mass is 9.45. The van der Waals surface area contributed by atoms with Crippen molar-refractivity contribution in [1.29, 1.82) is 0 Å². The summed E-state index contributed by atoms with van der Waals surface area (Å²) in [6.07, 6.45) is 0.282. The highest BCUT2D eigenvalue weighted by molar-refractivity contribution is 5.93. The minimum absolute atomic E-state index is 0.0165. The van der Waals surface area contributed by atoms with Crippen molar-refractivity contribution in [2.45, 2.75) is 69.4 Å². The molecule has 0 aromatic rings. The van der Waals surface area contributed by atoms with Crippen LogP contribution in [0.2, 0.25) is 0 Å². The van der Waals surface area contributed by atoms with Crippen LogP contribution in [0.4, 0.5) is 0 Å². The van der Waals surface area contributed by atoms with Gasteiger partial charge in [-0.2, -0.15) is 0 Å². The van der Waals surface area contributed by atoms with Crippen LogP contribution in [0.5, 0.6) is 0 Å². The van der Waals surface area contributed by atoms with Crippen LogP contribution in [-0.2, 0) is 33.3 Å². The number of methoxy groups -OCH3 is 2. The van der Waals surface area contributed by atoms with Crippen LogP contribution in [0.3, 0.4) is 0 Å². The fourth-order valence-electron chi connectivity index (χ4n) is 7.14. The van der Waals surface area contributed by atoms with Crippen molar-refractivity contribution in [2.24, 2.45) is 22.7 Å². The lowest BCUT2D eigenvalue weighted by Gasteiger charge is -2.59. The van der Waals surface area contributed by atoms with E-state index in [1.54, 1.807) is 0 Å². The highest BCUT2D eigenvalue weighted by Gasteiger charge is 2.70. The molecular weight excluding hydrogens is 408 g/mol. The van der Waals surface area contributed by atoms with Crippen LogP contribution < -0.4 is 0 Å². The van der Waals surface area contributed by atoms with Gasteiger partial charge in [0.05, 0.1) is 5.92 Å². The summed E-state index contributed by atoms with van der Waals surface area (Å²) in [4.78, 5) is 25.6. The Bertz CT molecular complexity index is 822. The SMILES string of the molecule is CO[C@@H]1O[C@@H](OC)[C@@](O)(C2C[C@]3(C)C4CCC=C5C(=O)OC[C@]54CC[C@H]3C(=O)O2)[C@@H]1O. The topological polar surface area (TPSA) is 121 Å². The fourth-order valence-corrected chi connectivity index (χ4v) is 7.14. The molecular formula is C22H30O9. The molecule has 172 valence electrons. The number of fused-ring (bicyclic) bond motifs is 2. The Morgan fingerprint density at radius 2 is 1.97 bits per heavy atom. The van der Waals surface area contributed by atoms with Gasteiger partial charge in [0.2, 0.25) is 0 Å². The summed E-state index contributed by atoms with van der Waals surface area (Å²) in [6, 6.07) is 0. The summed E-state index contributed by atoms with van der Waals surface area (Å²) < 4.78 is 27.2. The van der Waals surface area contributed by atoms with Gasteiger partial charge in [0.15, 0.2) is 18.2 Å². The van der Waals surface area contributed by atoms with Gasteiger partial charge in [-0.1, -0.05) is 13.0 Å². The summed E-state index contributed by atoms with van der Waals surface area (Å²) in [5.41, 5.74) is -2.22. The van der Waals surface area contributed by atoms with E-state index in [4.69, 9.17) is 23.7 Å². The van der Waals surface area contributed by atoms with Crippen LogP contribution in [-0.4, -0.2) is 73.4 Å². The van der Waals surface area contributed by atoms with E-state index < -0.39 is 47.2 Å². The Hall–Kier alpha value is -1.52. The maximum atomic E-state index is 13.2. The van der Waals surface area contributed by atoms with E-state index in [1.165, 1.54) is 14.2 Å².